The second-order valence-electron chi connectivity index (χ2n) is 4.16. The molecule has 0 fully saturated rings. The molecule has 2 rings (SSSR count). The van der Waals surface area contributed by atoms with Crippen LogP contribution in [0.15, 0.2) is 35.5 Å². The second kappa shape index (κ2) is 5.43. The number of aromatic amines is 1. The Balaban J connectivity index is 2.06. The average Bonchev–Trinajstić information content (AvgIpc) is 2.84. The van der Waals surface area contributed by atoms with Gasteiger partial charge in [0.15, 0.2) is 5.03 Å². The number of carboxylic acids is 1. The zero-order valence-electron chi connectivity index (χ0n) is 10.6. The number of aromatic nitrogens is 2. The van der Waals surface area contributed by atoms with Crippen molar-refractivity contribution in [3.8, 4) is 0 Å². The van der Waals surface area contributed by atoms with Gasteiger partial charge < -0.3 is 10.1 Å². The first-order valence-corrected chi connectivity index (χ1v) is 7.20. The lowest BCUT2D eigenvalue weighted by molar-refractivity contribution is 0.0697. The third-order valence-corrected chi connectivity index (χ3v) is 3.95. The van der Waals surface area contributed by atoms with Crippen molar-refractivity contribution < 1.29 is 18.3 Å². The van der Waals surface area contributed by atoms with Gasteiger partial charge in [0.2, 0.25) is 0 Å². The first-order valence-electron chi connectivity index (χ1n) is 5.72. The molecule has 0 aliphatic carbocycles. The lowest BCUT2D eigenvalue weighted by Gasteiger charge is -2.05. The minimum absolute atomic E-state index is 0.00263. The van der Waals surface area contributed by atoms with Crippen molar-refractivity contribution in [1.29, 1.82) is 0 Å². The number of imidazole rings is 1. The van der Waals surface area contributed by atoms with Gasteiger partial charge in [-0.25, -0.2) is 22.9 Å². The van der Waals surface area contributed by atoms with Gasteiger partial charge in [0, 0.05) is 6.54 Å². The van der Waals surface area contributed by atoms with Crippen LogP contribution in [0.25, 0.3) is 0 Å². The van der Waals surface area contributed by atoms with Gasteiger partial charge in [0.1, 0.15) is 5.82 Å². The Kier molecular flexibility index (Phi) is 3.86. The van der Waals surface area contributed by atoms with Crippen molar-refractivity contribution in [1.82, 2.24) is 14.7 Å². The summed E-state index contributed by atoms with van der Waals surface area (Å²) < 4.78 is 26.2. The number of hydrogen-bond acceptors (Lipinski definition) is 4. The quantitative estimate of drug-likeness (QED) is 0.758. The van der Waals surface area contributed by atoms with Gasteiger partial charge in [0.05, 0.1) is 11.8 Å². The van der Waals surface area contributed by atoms with Gasteiger partial charge in [-0.05, 0) is 24.6 Å². The first kappa shape index (κ1) is 14.2. The molecule has 106 valence electrons. The molecule has 0 bridgehead atoms. The maximum Gasteiger partial charge on any atom is 0.335 e. The molecule has 1 aromatic carbocycles. The number of carboxylic acid groups (broad SMARTS) is 1. The summed E-state index contributed by atoms with van der Waals surface area (Å²) >= 11 is 0. The number of aryl methyl sites for hydroxylation is 1. The topological polar surface area (TPSA) is 112 Å². The molecule has 0 unspecified atom stereocenters. The number of benzene rings is 1. The molecule has 0 spiro atoms. The Bertz CT molecular complexity index is 719. The van der Waals surface area contributed by atoms with E-state index < -0.39 is 16.0 Å². The fourth-order valence-corrected chi connectivity index (χ4v) is 2.54. The predicted octanol–water partition coefficient (Wildman–Crippen LogP) is 0.895. The molecular weight excluding hydrogens is 282 g/mol. The summed E-state index contributed by atoms with van der Waals surface area (Å²) in [4.78, 5) is 17.2. The predicted molar refractivity (Wildman–Crippen MR) is 70.8 cm³/mol. The van der Waals surface area contributed by atoms with E-state index >= 15 is 0 Å². The summed E-state index contributed by atoms with van der Waals surface area (Å²) in [6.45, 7) is 1.73. The Morgan fingerprint density at radius 3 is 2.50 bits per heavy atom. The highest BCUT2D eigenvalue weighted by Crippen LogP contribution is 2.08. The Morgan fingerprint density at radius 2 is 2.00 bits per heavy atom. The maximum absolute atomic E-state index is 11.9. The van der Waals surface area contributed by atoms with Crippen LogP contribution in [-0.4, -0.2) is 29.5 Å². The van der Waals surface area contributed by atoms with Crippen LogP contribution in [0.3, 0.4) is 0 Å². The summed E-state index contributed by atoms with van der Waals surface area (Å²) in [5, 5.41) is 8.76. The van der Waals surface area contributed by atoms with Crippen molar-refractivity contribution in [2.75, 3.05) is 0 Å². The van der Waals surface area contributed by atoms with Gasteiger partial charge in [-0.2, -0.15) is 0 Å². The molecule has 2 aromatic rings. The number of sulfonamides is 1. The van der Waals surface area contributed by atoms with Crippen molar-refractivity contribution in [2.24, 2.45) is 0 Å². The van der Waals surface area contributed by atoms with E-state index in [1.54, 1.807) is 19.1 Å². The van der Waals surface area contributed by atoms with E-state index in [9.17, 15) is 13.2 Å². The van der Waals surface area contributed by atoms with Crippen LogP contribution in [-0.2, 0) is 16.6 Å². The highest BCUT2D eigenvalue weighted by Gasteiger charge is 2.16. The van der Waals surface area contributed by atoms with Crippen molar-refractivity contribution in [2.45, 2.75) is 18.5 Å². The normalized spacial score (nSPS) is 11.4. The van der Waals surface area contributed by atoms with Crippen LogP contribution in [0.1, 0.15) is 21.7 Å². The van der Waals surface area contributed by atoms with Crippen LogP contribution in [0.2, 0.25) is 0 Å². The minimum Gasteiger partial charge on any atom is -0.478 e. The van der Waals surface area contributed by atoms with Crippen molar-refractivity contribution in [3.63, 3.8) is 0 Å². The fourth-order valence-electron chi connectivity index (χ4n) is 1.56. The Labute approximate surface area is 115 Å². The maximum atomic E-state index is 11.9. The number of nitrogens with zero attached hydrogens (tertiary/aromatic N) is 1. The number of H-pyrrole nitrogens is 1. The smallest absolute Gasteiger partial charge is 0.335 e. The molecule has 1 heterocycles. The van der Waals surface area contributed by atoms with Crippen LogP contribution >= 0.6 is 0 Å². The van der Waals surface area contributed by atoms with Gasteiger partial charge in [0.25, 0.3) is 10.0 Å². The van der Waals surface area contributed by atoms with Crippen LogP contribution < -0.4 is 4.72 Å². The average molecular weight is 295 g/mol. The number of rotatable bonds is 5. The van der Waals surface area contributed by atoms with Crippen LogP contribution in [0, 0.1) is 6.92 Å². The second-order valence-corrected chi connectivity index (χ2v) is 5.89. The molecular formula is C12H13N3O4S. The molecule has 20 heavy (non-hydrogen) atoms. The summed E-state index contributed by atoms with van der Waals surface area (Å²) in [6, 6.07) is 5.97. The van der Waals surface area contributed by atoms with E-state index in [0.29, 0.717) is 11.4 Å². The molecule has 0 aliphatic rings. The first-order chi connectivity index (χ1) is 9.38. The zero-order valence-corrected chi connectivity index (χ0v) is 11.4. The molecule has 1 aromatic heterocycles. The highest BCUT2D eigenvalue weighted by molar-refractivity contribution is 7.89. The van der Waals surface area contributed by atoms with Gasteiger partial charge >= 0.3 is 5.97 Å². The van der Waals surface area contributed by atoms with Gasteiger partial charge in [-0.3, -0.25) is 0 Å². The largest absolute Gasteiger partial charge is 0.478 e. The third kappa shape index (κ3) is 3.22. The molecule has 3 N–H and O–H groups in total. The van der Waals surface area contributed by atoms with E-state index in [4.69, 9.17) is 5.11 Å². The summed E-state index contributed by atoms with van der Waals surface area (Å²) in [5.74, 6) is -0.513. The number of hydrogen-bond donors (Lipinski definition) is 3. The van der Waals surface area contributed by atoms with Crippen LogP contribution in [0.4, 0.5) is 0 Å². The van der Waals surface area contributed by atoms with E-state index in [-0.39, 0.29) is 17.1 Å². The number of aromatic carboxylic acids is 1. The molecule has 0 saturated heterocycles. The molecule has 7 nitrogen and oxygen atoms in total. The molecule has 8 heteroatoms. The monoisotopic (exact) mass is 295 g/mol. The molecule has 0 atom stereocenters. The molecule has 0 aliphatic heterocycles. The summed E-state index contributed by atoms with van der Waals surface area (Å²) in [5.41, 5.74) is 0.815. The summed E-state index contributed by atoms with van der Waals surface area (Å²) in [7, 11) is -3.65. The minimum atomic E-state index is -3.65. The number of carbonyl (C=O) groups is 1. The molecule has 0 saturated carbocycles. The van der Waals surface area contributed by atoms with Crippen molar-refractivity contribution >= 4 is 16.0 Å². The molecule has 0 radical (unpaired) electrons. The lowest BCUT2D eigenvalue weighted by atomic mass is 10.1. The summed E-state index contributed by atoms with van der Waals surface area (Å²) in [6.07, 6.45) is 1.24. The van der Waals surface area contributed by atoms with E-state index in [1.807, 2.05) is 0 Å². The van der Waals surface area contributed by atoms with E-state index in [1.165, 1.54) is 18.3 Å². The number of nitrogens with one attached hydrogen (secondary N) is 2. The Morgan fingerprint density at radius 1 is 1.35 bits per heavy atom. The Hall–Kier alpha value is -2.19. The van der Waals surface area contributed by atoms with Crippen molar-refractivity contribution in [3.05, 3.63) is 47.4 Å². The van der Waals surface area contributed by atoms with E-state index in [2.05, 4.69) is 14.7 Å². The lowest BCUT2D eigenvalue weighted by Crippen LogP contribution is -2.23. The van der Waals surface area contributed by atoms with Crippen LogP contribution in [0.5, 0.6) is 0 Å². The third-order valence-electron chi connectivity index (χ3n) is 2.64. The highest BCUT2D eigenvalue weighted by atomic mass is 32.2. The van der Waals surface area contributed by atoms with Gasteiger partial charge in [-0.15, -0.1) is 0 Å². The van der Waals surface area contributed by atoms with E-state index in [0.717, 1.165) is 0 Å². The SMILES string of the molecule is Cc1ncc(S(=O)(=O)NCc2ccc(C(=O)O)cc2)[nH]1. The standard InChI is InChI=1S/C12H13N3O4S/c1-8-13-7-11(15-8)20(18,19)14-6-9-2-4-10(5-3-9)12(16)17/h2-5,7,14H,6H2,1H3,(H,13,15)(H,16,17). The molecule has 0 amide bonds. The fraction of sp³-hybridized carbons (Fsp3) is 0.167. The van der Waals surface area contributed by atoms with Gasteiger partial charge in [-0.1, -0.05) is 12.1 Å². The zero-order chi connectivity index (χ0) is 14.8.